The summed E-state index contributed by atoms with van der Waals surface area (Å²) < 4.78 is 22.3. The van der Waals surface area contributed by atoms with Crippen LogP contribution in [0.15, 0.2) is 35.3 Å². The van der Waals surface area contributed by atoms with E-state index in [4.69, 9.17) is 36.3 Å². The molecule has 1 aliphatic rings. The number of amides is 1. The number of allylic oxidation sites excluding steroid dienone is 1. The van der Waals surface area contributed by atoms with Crippen LogP contribution in [0.25, 0.3) is 0 Å². The summed E-state index contributed by atoms with van der Waals surface area (Å²) in [4.78, 5) is 27.2. The summed E-state index contributed by atoms with van der Waals surface area (Å²) in [6, 6.07) is 1.84. The van der Waals surface area contributed by atoms with Crippen molar-refractivity contribution >= 4 is 29.9 Å². The van der Waals surface area contributed by atoms with Gasteiger partial charge in [-0.1, -0.05) is 18.5 Å². The van der Waals surface area contributed by atoms with Gasteiger partial charge in [-0.15, -0.1) is 0 Å². The number of nitrogens with zero attached hydrogens (tertiary/aromatic N) is 4. The lowest BCUT2D eigenvalue weighted by Gasteiger charge is -2.32. The third-order valence-corrected chi connectivity index (χ3v) is 6.60. The van der Waals surface area contributed by atoms with Crippen molar-refractivity contribution in [1.82, 2.24) is 14.9 Å². The maximum absolute atomic E-state index is 12.3. The molecular weight excluding hydrogens is 536 g/mol. The van der Waals surface area contributed by atoms with E-state index < -0.39 is 5.60 Å². The Hall–Kier alpha value is -3.73. The van der Waals surface area contributed by atoms with Gasteiger partial charge in [-0.2, -0.15) is 0 Å². The Morgan fingerprint density at radius 3 is 2.38 bits per heavy atom. The van der Waals surface area contributed by atoms with Gasteiger partial charge in [0.05, 0.1) is 43.4 Å². The third kappa shape index (κ3) is 8.38. The van der Waals surface area contributed by atoms with Crippen LogP contribution in [0.5, 0.6) is 17.2 Å². The lowest BCUT2D eigenvalue weighted by Crippen LogP contribution is -2.42. The number of methoxy groups -OCH3 is 2. The highest BCUT2D eigenvalue weighted by Crippen LogP contribution is 2.38. The van der Waals surface area contributed by atoms with Gasteiger partial charge < -0.3 is 34.9 Å². The molecule has 12 heteroatoms. The van der Waals surface area contributed by atoms with Gasteiger partial charge in [0, 0.05) is 42.7 Å². The Kier molecular flexibility index (Phi) is 10.8. The van der Waals surface area contributed by atoms with Crippen molar-refractivity contribution in [2.75, 3.05) is 32.6 Å². The van der Waals surface area contributed by atoms with Crippen LogP contribution in [0.4, 0.5) is 10.7 Å². The number of nitrogens with two attached hydrogens (primary N) is 1. The average molecular weight is 575 g/mol. The van der Waals surface area contributed by atoms with Crippen molar-refractivity contribution in [3.8, 4) is 17.2 Å². The molecule has 1 saturated heterocycles. The van der Waals surface area contributed by atoms with Crippen LogP contribution in [-0.4, -0.2) is 66.1 Å². The van der Waals surface area contributed by atoms with Crippen LogP contribution in [0, 0.1) is 0 Å². The first-order chi connectivity index (χ1) is 19.1. The van der Waals surface area contributed by atoms with Gasteiger partial charge in [0.25, 0.3) is 0 Å². The second-order valence-electron chi connectivity index (χ2n) is 10.2. The van der Waals surface area contributed by atoms with E-state index >= 15 is 0 Å². The van der Waals surface area contributed by atoms with Crippen molar-refractivity contribution in [1.29, 1.82) is 0 Å². The second kappa shape index (κ2) is 14.1. The summed E-state index contributed by atoms with van der Waals surface area (Å²) in [5, 5.41) is 3.53. The first-order valence-electron chi connectivity index (χ1n) is 13.2. The van der Waals surface area contributed by atoms with Crippen molar-refractivity contribution in [3.05, 3.63) is 46.5 Å². The van der Waals surface area contributed by atoms with Gasteiger partial charge in [-0.3, -0.25) is 4.99 Å². The molecule has 1 aromatic carbocycles. The molecule has 3 N–H and O–H groups in total. The van der Waals surface area contributed by atoms with Crippen molar-refractivity contribution in [2.45, 2.75) is 65.2 Å². The van der Waals surface area contributed by atoms with E-state index in [-0.39, 0.29) is 18.7 Å². The van der Waals surface area contributed by atoms with E-state index in [1.165, 1.54) is 6.20 Å². The van der Waals surface area contributed by atoms with Crippen LogP contribution in [0.3, 0.4) is 0 Å². The number of aromatic nitrogens is 2. The minimum Gasteiger partial charge on any atom is -0.496 e. The van der Waals surface area contributed by atoms with Crippen LogP contribution >= 0.6 is 11.6 Å². The first kappa shape index (κ1) is 30.8. The number of hydrogen-bond acceptors (Lipinski definition) is 10. The highest BCUT2D eigenvalue weighted by Gasteiger charge is 2.26. The van der Waals surface area contributed by atoms with E-state index in [2.05, 4.69) is 20.3 Å². The Morgan fingerprint density at radius 2 is 1.82 bits per heavy atom. The standard InChI is InChI=1S/C28H39ClN6O5/c1-7-21-22(25(29)24(38-6)12-23(21)37-5)17-39-20-15-32-26(33-16-20)34-19(13-30)14-31-18-8-10-35(11-9-18)27(36)40-28(2,3)4/h12-16,18H,7-11,17,30H2,1-6H3,(H,32,33,34). The van der Waals surface area contributed by atoms with Crippen LogP contribution in [0.2, 0.25) is 5.02 Å². The number of anilines is 1. The Labute approximate surface area is 240 Å². The zero-order chi connectivity index (χ0) is 29.3. The molecule has 0 aliphatic carbocycles. The lowest BCUT2D eigenvalue weighted by molar-refractivity contribution is 0.0207. The number of carbonyl (C=O) groups excluding carboxylic acids is 1. The Balaban J connectivity index is 1.55. The molecule has 40 heavy (non-hydrogen) atoms. The zero-order valence-corrected chi connectivity index (χ0v) is 24.7. The van der Waals surface area contributed by atoms with E-state index in [1.54, 1.807) is 43.8 Å². The van der Waals surface area contributed by atoms with Gasteiger partial charge in [-0.25, -0.2) is 14.8 Å². The second-order valence-corrected chi connectivity index (χ2v) is 10.5. The quantitative estimate of drug-likeness (QED) is 0.377. The number of benzene rings is 1. The summed E-state index contributed by atoms with van der Waals surface area (Å²) in [7, 11) is 3.16. The average Bonchev–Trinajstić information content (AvgIpc) is 2.94. The molecule has 0 spiro atoms. The zero-order valence-electron chi connectivity index (χ0n) is 24.0. The molecule has 1 fully saturated rings. The Bertz CT molecular complexity index is 1210. The highest BCUT2D eigenvalue weighted by atomic mass is 35.5. The number of halogens is 1. The maximum atomic E-state index is 12.3. The van der Waals surface area contributed by atoms with Gasteiger partial charge in [0.2, 0.25) is 5.95 Å². The smallest absolute Gasteiger partial charge is 0.410 e. The maximum Gasteiger partial charge on any atom is 0.410 e. The largest absolute Gasteiger partial charge is 0.496 e. The van der Waals surface area contributed by atoms with Crippen molar-refractivity contribution in [2.24, 2.45) is 10.7 Å². The van der Waals surface area contributed by atoms with Gasteiger partial charge >= 0.3 is 6.09 Å². The molecule has 0 radical (unpaired) electrons. The molecule has 11 nitrogen and oxygen atoms in total. The molecule has 2 aromatic rings. The number of aliphatic imine (C=N–C) groups is 1. The number of nitrogens with one attached hydrogen (secondary N) is 1. The monoisotopic (exact) mass is 574 g/mol. The molecule has 2 heterocycles. The third-order valence-electron chi connectivity index (χ3n) is 6.19. The van der Waals surface area contributed by atoms with E-state index in [0.717, 1.165) is 24.0 Å². The van der Waals surface area contributed by atoms with Crippen molar-refractivity contribution in [3.63, 3.8) is 0 Å². The molecule has 0 bridgehead atoms. The summed E-state index contributed by atoms with van der Waals surface area (Å²) >= 11 is 6.56. The van der Waals surface area contributed by atoms with E-state index in [1.807, 2.05) is 27.7 Å². The topological polar surface area (TPSA) is 133 Å². The fraction of sp³-hybridized carbons (Fsp3) is 0.500. The van der Waals surface area contributed by atoms with Gasteiger partial charge in [0.1, 0.15) is 23.7 Å². The molecule has 0 unspecified atom stereocenters. The number of carbonyl (C=O) groups is 1. The van der Waals surface area contributed by atoms with Crippen LogP contribution in [0.1, 0.15) is 51.7 Å². The molecular formula is C28H39ClN6O5. The van der Waals surface area contributed by atoms with E-state index in [9.17, 15) is 4.79 Å². The number of ether oxygens (including phenoxy) is 4. The number of rotatable bonds is 10. The van der Waals surface area contributed by atoms with Crippen LogP contribution < -0.4 is 25.3 Å². The minimum atomic E-state index is -0.512. The molecule has 0 saturated carbocycles. The molecule has 0 atom stereocenters. The number of hydrogen-bond donors (Lipinski definition) is 2. The van der Waals surface area contributed by atoms with Crippen LogP contribution in [-0.2, 0) is 17.8 Å². The van der Waals surface area contributed by atoms with Gasteiger partial charge in [0.15, 0.2) is 5.75 Å². The Morgan fingerprint density at radius 1 is 1.18 bits per heavy atom. The predicted octanol–water partition coefficient (Wildman–Crippen LogP) is 4.97. The fourth-order valence-corrected chi connectivity index (χ4v) is 4.44. The van der Waals surface area contributed by atoms with Gasteiger partial charge in [-0.05, 0) is 40.0 Å². The molecule has 1 aliphatic heterocycles. The molecule has 3 rings (SSSR count). The fourth-order valence-electron chi connectivity index (χ4n) is 4.13. The summed E-state index contributed by atoms with van der Waals surface area (Å²) in [5.41, 5.74) is 7.55. The SMILES string of the molecule is CCc1c(OC)cc(OC)c(Cl)c1COc1cnc(NC(C=NC2CCN(C(=O)OC(C)(C)C)CC2)=CN)nc1. The highest BCUT2D eigenvalue weighted by molar-refractivity contribution is 6.33. The minimum absolute atomic E-state index is 0.0715. The van der Waals surface area contributed by atoms with E-state index in [0.29, 0.717) is 53.4 Å². The number of piperidine rings is 1. The number of likely N-dealkylation sites (tertiary alicyclic amines) is 1. The summed E-state index contributed by atoms with van der Waals surface area (Å²) in [5.74, 6) is 2.01. The predicted molar refractivity (Wildman–Crippen MR) is 156 cm³/mol. The summed E-state index contributed by atoms with van der Waals surface area (Å²) in [6.07, 6.45) is 8.07. The molecule has 218 valence electrons. The normalized spacial score (nSPS) is 14.8. The molecule has 1 amide bonds. The van der Waals surface area contributed by atoms with Crippen molar-refractivity contribution < 1.29 is 23.7 Å². The first-order valence-corrected chi connectivity index (χ1v) is 13.5. The lowest BCUT2D eigenvalue weighted by atomic mass is 10.0. The summed E-state index contributed by atoms with van der Waals surface area (Å²) in [6.45, 7) is 8.97. The molecule has 1 aromatic heterocycles.